The molecule has 190 valence electrons. The van der Waals surface area contributed by atoms with Crippen LogP contribution in [0, 0.1) is 0 Å². The number of fused-ring (bicyclic) bond motifs is 1. The number of benzene rings is 2. The van der Waals surface area contributed by atoms with Gasteiger partial charge in [0, 0.05) is 11.4 Å². The molecule has 1 aromatic heterocycles. The molecule has 36 heavy (non-hydrogen) atoms. The molecule has 1 atom stereocenters. The molecule has 9 heteroatoms. The summed E-state index contributed by atoms with van der Waals surface area (Å²) in [6, 6.07) is 14.8. The number of rotatable bonds is 10. The topological polar surface area (TPSA) is 90.3 Å². The first-order chi connectivity index (χ1) is 17.4. The highest BCUT2D eigenvalue weighted by Gasteiger charge is 2.34. The second-order valence-corrected chi connectivity index (χ2v) is 9.76. The zero-order chi connectivity index (χ0) is 25.7. The van der Waals surface area contributed by atoms with Crippen LogP contribution in [0.5, 0.6) is 11.5 Å². The van der Waals surface area contributed by atoms with Crippen molar-refractivity contribution in [1.29, 1.82) is 0 Å². The van der Waals surface area contributed by atoms with E-state index in [2.05, 4.69) is 22.5 Å². The summed E-state index contributed by atoms with van der Waals surface area (Å²) in [7, 11) is 0. The second-order valence-electron chi connectivity index (χ2n) is 8.70. The maximum atomic E-state index is 13.8. The van der Waals surface area contributed by atoms with Crippen LogP contribution < -0.4 is 20.1 Å². The molecule has 0 saturated heterocycles. The van der Waals surface area contributed by atoms with Crippen LogP contribution in [0.4, 0.5) is 11.6 Å². The number of nitrogens with one attached hydrogen (secondary N) is 2. The van der Waals surface area contributed by atoms with Gasteiger partial charge >= 0.3 is 0 Å². The summed E-state index contributed by atoms with van der Waals surface area (Å²) >= 11 is 1.60. The molecule has 0 fully saturated rings. The Bertz CT molecular complexity index is 1240. The predicted octanol–water partition coefficient (Wildman–Crippen LogP) is 5.89. The minimum absolute atomic E-state index is 0.0729. The van der Waals surface area contributed by atoms with Crippen LogP contribution in [0.25, 0.3) is 0 Å². The van der Waals surface area contributed by atoms with Crippen molar-refractivity contribution in [2.24, 2.45) is 0 Å². The molecule has 0 aliphatic carbocycles. The molecular formula is C27H33N5O3S. The fraction of sp³-hybridized carbons (Fsp3) is 0.370. The number of aromatic nitrogens is 3. The summed E-state index contributed by atoms with van der Waals surface area (Å²) in [6.45, 7) is 10.4. The Morgan fingerprint density at radius 1 is 1.17 bits per heavy atom. The lowest BCUT2D eigenvalue weighted by atomic mass is 9.95. The number of hydrogen-bond acceptors (Lipinski definition) is 7. The number of carbonyl (C=O) groups is 1. The fourth-order valence-electron chi connectivity index (χ4n) is 4.03. The van der Waals surface area contributed by atoms with E-state index in [4.69, 9.17) is 14.6 Å². The average Bonchev–Trinajstić information content (AvgIpc) is 3.25. The highest BCUT2D eigenvalue weighted by molar-refractivity contribution is 7.99. The summed E-state index contributed by atoms with van der Waals surface area (Å²) in [5.74, 6) is 2.71. The Balaban J connectivity index is 1.73. The molecule has 1 unspecified atom stereocenters. The van der Waals surface area contributed by atoms with Crippen LogP contribution in [0.15, 0.2) is 65.0 Å². The lowest BCUT2D eigenvalue weighted by Crippen LogP contribution is -2.31. The van der Waals surface area contributed by atoms with Gasteiger partial charge in [0.1, 0.15) is 17.5 Å². The third kappa shape index (κ3) is 5.67. The summed E-state index contributed by atoms with van der Waals surface area (Å²) in [4.78, 5) is 18.4. The van der Waals surface area contributed by atoms with Crippen molar-refractivity contribution in [3.8, 4) is 11.5 Å². The molecule has 2 aromatic carbocycles. The van der Waals surface area contributed by atoms with E-state index < -0.39 is 6.04 Å². The van der Waals surface area contributed by atoms with Crippen LogP contribution in [0.1, 0.15) is 52.6 Å². The minimum Gasteiger partial charge on any atom is -0.492 e. The quantitative estimate of drug-likeness (QED) is 0.331. The number of hydrogen-bond donors (Lipinski definition) is 2. The Morgan fingerprint density at radius 3 is 2.61 bits per heavy atom. The molecule has 2 N–H and O–H groups in total. The molecule has 1 amide bonds. The van der Waals surface area contributed by atoms with Crippen LogP contribution in [-0.2, 0) is 4.79 Å². The molecule has 1 aliphatic heterocycles. The smallest absolute Gasteiger partial charge is 0.255 e. The molecule has 0 bridgehead atoms. The van der Waals surface area contributed by atoms with Gasteiger partial charge in [-0.3, -0.25) is 4.79 Å². The first kappa shape index (κ1) is 25.6. The van der Waals surface area contributed by atoms with Gasteiger partial charge in [0.25, 0.3) is 5.91 Å². The molecule has 4 rings (SSSR count). The maximum Gasteiger partial charge on any atom is 0.255 e. The molecular weight excluding hydrogens is 474 g/mol. The number of para-hydroxylation sites is 2. The van der Waals surface area contributed by atoms with Crippen LogP contribution in [0.3, 0.4) is 0 Å². The Hall–Kier alpha value is -3.46. The van der Waals surface area contributed by atoms with Gasteiger partial charge in [0.15, 0.2) is 0 Å². The normalized spacial score (nSPS) is 14.9. The molecule has 1 aliphatic rings. The van der Waals surface area contributed by atoms with Gasteiger partial charge in [-0.05, 0) is 63.9 Å². The van der Waals surface area contributed by atoms with E-state index in [9.17, 15) is 4.79 Å². The number of anilines is 2. The van der Waals surface area contributed by atoms with Crippen molar-refractivity contribution >= 4 is 29.3 Å². The van der Waals surface area contributed by atoms with E-state index in [-0.39, 0.29) is 12.0 Å². The lowest BCUT2D eigenvalue weighted by Gasteiger charge is -2.29. The number of carbonyl (C=O) groups excluding carboxylic acids is 1. The van der Waals surface area contributed by atoms with Crippen molar-refractivity contribution in [2.75, 3.05) is 23.0 Å². The van der Waals surface area contributed by atoms with Gasteiger partial charge in [0.05, 0.1) is 24.0 Å². The number of thioether (sulfide) groups is 1. The molecule has 3 aromatic rings. The lowest BCUT2D eigenvalue weighted by molar-refractivity contribution is -0.113. The van der Waals surface area contributed by atoms with Crippen molar-refractivity contribution in [3.05, 3.63) is 65.4 Å². The Labute approximate surface area is 216 Å². The Kier molecular flexibility index (Phi) is 8.20. The third-order valence-electron chi connectivity index (χ3n) is 5.52. The predicted molar refractivity (Wildman–Crippen MR) is 144 cm³/mol. The van der Waals surface area contributed by atoms with E-state index in [1.807, 2.05) is 76.2 Å². The van der Waals surface area contributed by atoms with Gasteiger partial charge in [0.2, 0.25) is 11.1 Å². The summed E-state index contributed by atoms with van der Waals surface area (Å²) in [5.41, 5.74) is 2.81. The van der Waals surface area contributed by atoms with E-state index in [0.29, 0.717) is 34.7 Å². The van der Waals surface area contributed by atoms with Crippen molar-refractivity contribution in [3.63, 3.8) is 0 Å². The standard InChI is InChI=1S/C27H33N5O3S/c1-6-16-36-27-30-26-28-18(5)23(25(33)29-21-10-8-9-11-22(21)34-7-2)24(32(26)31-27)19-12-14-20(15-13-19)35-17(3)4/h8-15,17,24H,6-7,16H2,1-5H3,(H,29,33)(H,28,30,31). The molecule has 0 saturated carbocycles. The molecule has 2 heterocycles. The highest BCUT2D eigenvalue weighted by Crippen LogP contribution is 2.38. The molecule has 0 radical (unpaired) electrons. The number of ether oxygens (including phenoxy) is 2. The van der Waals surface area contributed by atoms with Gasteiger partial charge < -0.3 is 20.1 Å². The van der Waals surface area contributed by atoms with E-state index in [1.165, 1.54) is 0 Å². The summed E-state index contributed by atoms with van der Waals surface area (Å²) < 4.78 is 13.3. The second kappa shape index (κ2) is 11.5. The third-order valence-corrected chi connectivity index (χ3v) is 6.56. The Morgan fingerprint density at radius 2 is 1.92 bits per heavy atom. The van der Waals surface area contributed by atoms with E-state index in [0.717, 1.165) is 29.2 Å². The number of allylic oxidation sites excluding steroid dienone is 1. The largest absolute Gasteiger partial charge is 0.492 e. The van der Waals surface area contributed by atoms with E-state index >= 15 is 0 Å². The van der Waals surface area contributed by atoms with Crippen molar-refractivity contribution in [2.45, 2.75) is 58.3 Å². The van der Waals surface area contributed by atoms with Crippen LogP contribution >= 0.6 is 11.8 Å². The summed E-state index contributed by atoms with van der Waals surface area (Å²) in [6.07, 6.45) is 1.09. The van der Waals surface area contributed by atoms with Gasteiger partial charge in [-0.25, -0.2) is 4.68 Å². The minimum atomic E-state index is -0.461. The molecule has 8 nitrogen and oxygen atoms in total. The van der Waals surface area contributed by atoms with Crippen LogP contribution in [0.2, 0.25) is 0 Å². The zero-order valence-electron chi connectivity index (χ0n) is 21.4. The maximum absolute atomic E-state index is 13.8. The van der Waals surface area contributed by atoms with Crippen LogP contribution in [-0.4, -0.2) is 39.1 Å². The first-order valence-electron chi connectivity index (χ1n) is 12.3. The highest BCUT2D eigenvalue weighted by atomic mass is 32.2. The van der Waals surface area contributed by atoms with Gasteiger partial charge in [-0.1, -0.05) is 43.0 Å². The average molecular weight is 508 g/mol. The summed E-state index contributed by atoms with van der Waals surface area (Å²) in [5, 5.41) is 11.8. The number of nitrogens with zero attached hydrogens (tertiary/aromatic N) is 3. The molecule has 0 spiro atoms. The van der Waals surface area contributed by atoms with Crippen molar-refractivity contribution < 1.29 is 14.3 Å². The van der Waals surface area contributed by atoms with Gasteiger partial charge in [-0.2, -0.15) is 4.98 Å². The monoisotopic (exact) mass is 507 g/mol. The van der Waals surface area contributed by atoms with Crippen molar-refractivity contribution in [1.82, 2.24) is 14.8 Å². The SMILES string of the molecule is CCCSc1nc2n(n1)C(c1ccc(OC(C)C)cc1)C(C(=O)Nc1ccccc1OCC)=C(C)N2. The zero-order valence-corrected chi connectivity index (χ0v) is 22.2. The van der Waals surface area contributed by atoms with E-state index in [1.54, 1.807) is 16.4 Å². The fourth-order valence-corrected chi connectivity index (χ4v) is 4.71. The van der Waals surface area contributed by atoms with Gasteiger partial charge in [-0.15, -0.1) is 5.10 Å². The first-order valence-corrected chi connectivity index (χ1v) is 13.3. The number of amides is 1.